The van der Waals surface area contributed by atoms with E-state index in [1.54, 1.807) is 29.2 Å². The molecule has 1 fully saturated rings. The van der Waals surface area contributed by atoms with E-state index in [1.165, 1.54) is 31.5 Å². The lowest BCUT2D eigenvalue weighted by Gasteiger charge is -2.12. The minimum absolute atomic E-state index is 0.0237. The number of carbonyl (C=O) groups is 2. The first-order valence-corrected chi connectivity index (χ1v) is 9.22. The third kappa shape index (κ3) is 5.43. The lowest BCUT2D eigenvalue weighted by atomic mass is 10.1. The molecule has 0 unspecified atom stereocenters. The molecule has 0 aromatic heterocycles. The Morgan fingerprint density at radius 2 is 1.50 bits per heavy atom. The van der Waals surface area contributed by atoms with Crippen LogP contribution in [-0.4, -0.2) is 31.4 Å². The fourth-order valence-corrected chi connectivity index (χ4v) is 3.23. The first-order chi connectivity index (χ1) is 12.7. The first-order valence-electron chi connectivity index (χ1n) is 9.22. The SMILES string of the molecule is O=C(CNC(=O)c1ccccc1)NCc1ccc(C[NH+]2CCCC2)cc1. The number of amides is 2. The summed E-state index contributed by atoms with van der Waals surface area (Å²) in [6.07, 6.45) is 2.67. The van der Waals surface area contributed by atoms with Crippen LogP contribution >= 0.6 is 0 Å². The summed E-state index contributed by atoms with van der Waals surface area (Å²) < 4.78 is 0. The normalized spacial score (nSPS) is 14.2. The van der Waals surface area contributed by atoms with E-state index in [4.69, 9.17) is 0 Å². The van der Waals surface area contributed by atoms with E-state index in [-0.39, 0.29) is 18.4 Å². The molecule has 0 saturated carbocycles. The third-order valence-electron chi connectivity index (χ3n) is 4.72. The molecular formula is C21H26N3O2+. The Labute approximate surface area is 154 Å². The van der Waals surface area contributed by atoms with Crippen molar-refractivity contribution in [1.29, 1.82) is 0 Å². The number of carbonyl (C=O) groups excluding carboxylic acids is 2. The Morgan fingerprint density at radius 1 is 0.846 bits per heavy atom. The van der Waals surface area contributed by atoms with Crippen molar-refractivity contribution >= 4 is 11.8 Å². The average Bonchev–Trinajstić information content (AvgIpc) is 3.19. The highest BCUT2D eigenvalue weighted by atomic mass is 16.2. The van der Waals surface area contributed by atoms with Crippen LogP contribution in [0.1, 0.15) is 34.3 Å². The predicted octanol–water partition coefficient (Wildman–Crippen LogP) is 0.911. The second-order valence-corrected chi connectivity index (χ2v) is 6.78. The molecule has 5 nitrogen and oxygen atoms in total. The van der Waals surface area contributed by atoms with Gasteiger partial charge in [-0.25, -0.2) is 0 Å². The molecule has 5 heteroatoms. The van der Waals surface area contributed by atoms with Crippen molar-refractivity contribution in [1.82, 2.24) is 10.6 Å². The van der Waals surface area contributed by atoms with Gasteiger partial charge in [0.25, 0.3) is 5.91 Å². The van der Waals surface area contributed by atoms with Crippen molar-refractivity contribution in [3.63, 3.8) is 0 Å². The van der Waals surface area contributed by atoms with Crippen molar-refractivity contribution in [2.24, 2.45) is 0 Å². The van der Waals surface area contributed by atoms with Gasteiger partial charge in [-0.3, -0.25) is 9.59 Å². The van der Waals surface area contributed by atoms with Crippen LogP contribution < -0.4 is 15.5 Å². The van der Waals surface area contributed by atoms with E-state index < -0.39 is 0 Å². The van der Waals surface area contributed by atoms with Gasteiger partial charge < -0.3 is 15.5 Å². The van der Waals surface area contributed by atoms with Gasteiger partial charge in [0.15, 0.2) is 0 Å². The number of quaternary nitrogens is 1. The van der Waals surface area contributed by atoms with Crippen LogP contribution in [0.15, 0.2) is 54.6 Å². The summed E-state index contributed by atoms with van der Waals surface area (Å²) in [5.74, 6) is -0.436. The number of nitrogens with one attached hydrogen (secondary N) is 3. The summed E-state index contributed by atoms with van der Waals surface area (Å²) in [4.78, 5) is 25.5. The molecule has 0 atom stereocenters. The minimum Gasteiger partial charge on any atom is -0.350 e. The molecule has 0 radical (unpaired) electrons. The van der Waals surface area contributed by atoms with Gasteiger partial charge in [-0.15, -0.1) is 0 Å². The fraction of sp³-hybridized carbons (Fsp3) is 0.333. The molecule has 26 heavy (non-hydrogen) atoms. The zero-order valence-electron chi connectivity index (χ0n) is 15.0. The number of hydrogen-bond acceptors (Lipinski definition) is 2. The molecule has 2 aromatic rings. The summed E-state index contributed by atoms with van der Waals surface area (Å²) in [6.45, 7) is 4.07. The van der Waals surface area contributed by atoms with Gasteiger partial charge in [-0.05, 0) is 17.7 Å². The summed E-state index contributed by atoms with van der Waals surface area (Å²) in [5.41, 5.74) is 2.95. The zero-order valence-corrected chi connectivity index (χ0v) is 15.0. The van der Waals surface area contributed by atoms with Crippen molar-refractivity contribution in [3.8, 4) is 0 Å². The van der Waals surface area contributed by atoms with Gasteiger partial charge in [-0.2, -0.15) is 0 Å². The molecule has 0 aliphatic carbocycles. The van der Waals surface area contributed by atoms with Gasteiger partial charge >= 0.3 is 0 Å². The van der Waals surface area contributed by atoms with E-state index in [1.807, 2.05) is 6.07 Å². The molecule has 3 N–H and O–H groups in total. The maximum Gasteiger partial charge on any atom is 0.251 e. The Morgan fingerprint density at radius 3 is 2.19 bits per heavy atom. The molecule has 0 spiro atoms. The molecule has 136 valence electrons. The fourth-order valence-electron chi connectivity index (χ4n) is 3.23. The number of hydrogen-bond donors (Lipinski definition) is 3. The van der Waals surface area contributed by atoms with Gasteiger partial charge in [0.2, 0.25) is 5.91 Å². The number of rotatable bonds is 7. The summed E-state index contributed by atoms with van der Waals surface area (Å²) in [5, 5.41) is 5.47. The maximum atomic E-state index is 11.9. The van der Waals surface area contributed by atoms with Crippen LogP contribution in [-0.2, 0) is 17.9 Å². The van der Waals surface area contributed by atoms with Gasteiger partial charge in [-0.1, -0.05) is 42.5 Å². The molecular weight excluding hydrogens is 326 g/mol. The Hall–Kier alpha value is -2.66. The number of likely N-dealkylation sites (tertiary alicyclic amines) is 1. The van der Waals surface area contributed by atoms with Crippen LogP contribution in [0.2, 0.25) is 0 Å². The van der Waals surface area contributed by atoms with E-state index in [2.05, 4.69) is 34.9 Å². The molecule has 1 saturated heterocycles. The second-order valence-electron chi connectivity index (χ2n) is 6.78. The second kappa shape index (κ2) is 9.15. The van der Waals surface area contributed by atoms with E-state index in [0.29, 0.717) is 12.1 Å². The van der Waals surface area contributed by atoms with E-state index >= 15 is 0 Å². The van der Waals surface area contributed by atoms with Crippen LogP contribution in [0.4, 0.5) is 0 Å². The predicted molar refractivity (Wildman–Crippen MR) is 101 cm³/mol. The van der Waals surface area contributed by atoms with Crippen LogP contribution in [0, 0.1) is 0 Å². The standard InChI is InChI=1S/C21H25N3O2/c25-20(15-23-21(26)19-6-2-1-3-7-19)22-14-17-8-10-18(11-9-17)16-24-12-4-5-13-24/h1-3,6-11H,4-5,12-16H2,(H,22,25)(H,23,26)/p+1. The Kier molecular flexibility index (Phi) is 6.39. The number of benzene rings is 2. The zero-order chi connectivity index (χ0) is 18.2. The summed E-state index contributed by atoms with van der Waals surface area (Å²) in [7, 11) is 0. The van der Waals surface area contributed by atoms with Crippen molar-refractivity contribution in [2.75, 3.05) is 19.6 Å². The van der Waals surface area contributed by atoms with Crippen molar-refractivity contribution in [3.05, 3.63) is 71.3 Å². The van der Waals surface area contributed by atoms with Crippen LogP contribution in [0.3, 0.4) is 0 Å². The lowest BCUT2D eigenvalue weighted by molar-refractivity contribution is -0.901. The maximum absolute atomic E-state index is 11.9. The molecule has 2 aromatic carbocycles. The largest absolute Gasteiger partial charge is 0.350 e. The average molecular weight is 352 g/mol. The van der Waals surface area contributed by atoms with E-state index in [0.717, 1.165) is 12.1 Å². The van der Waals surface area contributed by atoms with Gasteiger partial charge in [0, 0.05) is 30.5 Å². The molecule has 2 amide bonds. The summed E-state index contributed by atoms with van der Waals surface area (Å²) in [6, 6.07) is 17.3. The van der Waals surface area contributed by atoms with Gasteiger partial charge in [0.05, 0.1) is 19.6 Å². The third-order valence-corrected chi connectivity index (χ3v) is 4.72. The highest BCUT2D eigenvalue weighted by Crippen LogP contribution is 2.04. The van der Waals surface area contributed by atoms with Crippen LogP contribution in [0.25, 0.3) is 0 Å². The smallest absolute Gasteiger partial charge is 0.251 e. The van der Waals surface area contributed by atoms with Gasteiger partial charge in [0.1, 0.15) is 6.54 Å². The highest BCUT2D eigenvalue weighted by molar-refractivity contribution is 5.96. The van der Waals surface area contributed by atoms with E-state index in [9.17, 15) is 9.59 Å². The molecule has 1 heterocycles. The quantitative estimate of drug-likeness (QED) is 0.694. The molecule has 0 bridgehead atoms. The summed E-state index contributed by atoms with van der Waals surface area (Å²) >= 11 is 0. The van der Waals surface area contributed by atoms with Crippen molar-refractivity contribution < 1.29 is 14.5 Å². The van der Waals surface area contributed by atoms with Crippen molar-refractivity contribution in [2.45, 2.75) is 25.9 Å². The Balaban J connectivity index is 1.39. The molecule has 3 rings (SSSR count). The Bertz CT molecular complexity index is 723. The minimum atomic E-state index is -0.241. The monoisotopic (exact) mass is 352 g/mol. The topological polar surface area (TPSA) is 62.6 Å². The lowest BCUT2D eigenvalue weighted by Crippen LogP contribution is -3.08. The van der Waals surface area contributed by atoms with Crippen LogP contribution in [0.5, 0.6) is 0 Å². The molecule has 1 aliphatic rings. The molecule has 1 aliphatic heterocycles. The highest BCUT2D eigenvalue weighted by Gasteiger charge is 2.15. The first kappa shape index (κ1) is 18.1.